The van der Waals surface area contributed by atoms with Crippen LogP contribution in [-0.2, 0) is 0 Å². The van der Waals surface area contributed by atoms with E-state index in [-0.39, 0.29) is 0 Å². The van der Waals surface area contributed by atoms with Gasteiger partial charge < -0.3 is 9.64 Å². The maximum atomic E-state index is 5.67. The van der Waals surface area contributed by atoms with Gasteiger partial charge in [-0.15, -0.1) is 0 Å². The number of benzene rings is 1. The second-order valence-electron chi connectivity index (χ2n) is 4.89. The highest BCUT2D eigenvalue weighted by Crippen LogP contribution is 2.23. The van der Waals surface area contributed by atoms with Crippen molar-refractivity contribution in [2.45, 2.75) is 26.7 Å². The Morgan fingerprint density at radius 2 is 1.75 bits per heavy atom. The first-order valence-electron chi connectivity index (χ1n) is 6.23. The van der Waals surface area contributed by atoms with Gasteiger partial charge in [-0.05, 0) is 43.0 Å². The molecule has 2 heteroatoms. The standard InChI is InChI=1S/C14H21NO/c1-12(2)11-16-14-7-5-13(6-8-14)15-9-3-4-10-15/h5-8,12H,3-4,9-11H2,1-2H3. The van der Waals surface area contributed by atoms with Crippen LogP contribution < -0.4 is 9.64 Å². The van der Waals surface area contributed by atoms with Crippen LogP contribution in [0.25, 0.3) is 0 Å². The van der Waals surface area contributed by atoms with Gasteiger partial charge in [0.1, 0.15) is 5.75 Å². The van der Waals surface area contributed by atoms with Crippen molar-refractivity contribution in [3.05, 3.63) is 24.3 Å². The second-order valence-corrected chi connectivity index (χ2v) is 4.89. The Morgan fingerprint density at radius 3 is 2.31 bits per heavy atom. The Hall–Kier alpha value is -1.18. The lowest BCUT2D eigenvalue weighted by Gasteiger charge is -2.18. The lowest BCUT2D eigenvalue weighted by molar-refractivity contribution is 0.271. The van der Waals surface area contributed by atoms with E-state index in [1.54, 1.807) is 0 Å². The van der Waals surface area contributed by atoms with Crippen molar-refractivity contribution in [3.8, 4) is 5.75 Å². The van der Waals surface area contributed by atoms with Crippen LogP contribution in [0.5, 0.6) is 5.75 Å². The fraction of sp³-hybridized carbons (Fsp3) is 0.571. The monoisotopic (exact) mass is 219 g/mol. The summed E-state index contributed by atoms with van der Waals surface area (Å²) in [6.07, 6.45) is 2.65. The maximum Gasteiger partial charge on any atom is 0.119 e. The van der Waals surface area contributed by atoms with Crippen LogP contribution in [-0.4, -0.2) is 19.7 Å². The summed E-state index contributed by atoms with van der Waals surface area (Å²) in [6.45, 7) is 7.53. The van der Waals surface area contributed by atoms with Gasteiger partial charge in [-0.2, -0.15) is 0 Å². The number of hydrogen-bond acceptors (Lipinski definition) is 2. The molecule has 0 saturated carbocycles. The van der Waals surface area contributed by atoms with E-state index < -0.39 is 0 Å². The van der Waals surface area contributed by atoms with Crippen molar-refractivity contribution < 1.29 is 4.74 Å². The van der Waals surface area contributed by atoms with Crippen LogP contribution in [0.3, 0.4) is 0 Å². The SMILES string of the molecule is CC(C)COc1ccc(N2CCCC2)cc1. The molecule has 16 heavy (non-hydrogen) atoms. The topological polar surface area (TPSA) is 12.5 Å². The Morgan fingerprint density at radius 1 is 1.12 bits per heavy atom. The molecule has 0 unspecified atom stereocenters. The minimum atomic E-state index is 0.582. The smallest absolute Gasteiger partial charge is 0.119 e. The molecule has 0 aliphatic carbocycles. The first-order chi connectivity index (χ1) is 7.75. The van der Waals surface area contributed by atoms with Crippen LogP contribution in [0.15, 0.2) is 24.3 Å². The van der Waals surface area contributed by atoms with Crippen LogP contribution >= 0.6 is 0 Å². The summed E-state index contributed by atoms with van der Waals surface area (Å²) in [6, 6.07) is 8.49. The van der Waals surface area contributed by atoms with Gasteiger partial charge in [-0.25, -0.2) is 0 Å². The fourth-order valence-electron chi connectivity index (χ4n) is 1.99. The van der Waals surface area contributed by atoms with E-state index in [0.717, 1.165) is 12.4 Å². The Bertz CT molecular complexity index is 312. The fourth-order valence-corrected chi connectivity index (χ4v) is 1.99. The molecule has 1 aromatic carbocycles. The average Bonchev–Trinajstić information content (AvgIpc) is 2.80. The minimum Gasteiger partial charge on any atom is -0.493 e. The molecular weight excluding hydrogens is 198 g/mol. The molecular formula is C14H21NO. The third-order valence-electron chi connectivity index (χ3n) is 2.89. The van der Waals surface area contributed by atoms with Gasteiger partial charge in [-0.1, -0.05) is 13.8 Å². The first kappa shape index (κ1) is 11.3. The van der Waals surface area contributed by atoms with E-state index in [4.69, 9.17) is 4.74 Å². The Kier molecular flexibility index (Phi) is 3.70. The maximum absolute atomic E-state index is 5.67. The number of anilines is 1. The molecule has 2 rings (SSSR count). The Balaban J connectivity index is 1.93. The van der Waals surface area contributed by atoms with Gasteiger partial charge in [0.05, 0.1) is 6.61 Å². The van der Waals surface area contributed by atoms with Crippen LogP contribution in [0.1, 0.15) is 26.7 Å². The van der Waals surface area contributed by atoms with E-state index >= 15 is 0 Å². The van der Waals surface area contributed by atoms with Crippen molar-refractivity contribution >= 4 is 5.69 Å². The van der Waals surface area contributed by atoms with Gasteiger partial charge in [0.15, 0.2) is 0 Å². The van der Waals surface area contributed by atoms with E-state index in [0.29, 0.717) is 5.92 Å². The third kappa shape index (κ3) is 2.91. The highest BCUT2D eigenvalue weighted by molar-refractivity contribution is 5.49. The molecule has 88 valence electrons. The molecule has 0 radical (unpaired) electrons. The van der Waals surface area contributed by atoms with Gasteiger partial charge in [-0.3, -0.25) is 0 Å². The van der Waals surface area contributed by atoms with Crippen molar-refractivity contribution in [2.24, 2.45) is 5.92 Å². The minimum absolute atomic E-state index is 0.582. The summed E-state index contributed by atoms with van der Waals surface area (Å²) in [4.78, 5) is 2.44. The van der Waals surface area contributed by atoms with Gasteiger partial charge in [0, 0.05) is 18.8 Å². The zero-order valence-corrected chi connectivity index (χ0v) is 10.3. The molecule has 0 amide bonds. The van der Waals surface area contributed by atoms with E-state index in [1.807, 2.05) is 0 Å². The molecule has 1 aliphatic heterocycles. The zero-order valence-electron chi connectivity index (χ0n) is 10.3. The zero-order chi connectivity index (χ0) is 11.4. The molecule has 0 N–H and O–H groups in total. The molecule has 1 aliphatic rings. The molecule has 0 spiro atoms. The van der Waals surface area contributed by atoms with Crippen LogP contribution in [0, 0.1) is 5.92 Å². The average molecular weight is 219 g/mol. The highest BCUT2D eigenvalue weighted by atomic mass is 16.5. The molecule has 1 aromatic rings. The van der Waals surface area contributed by atoms with Crippen molar-refractivity contribution in [3.63, 3.8) is 0 Å². The Labute approximate surface area is 98.2 Å². The summed E-state index contributed by atoms with van der Waals surface area (Å²) in [7, 11) is 0. The first-order valence-corrected chi connectivity index (χ1v) is 6.23. The second kappa shape index (κ2) is 5.24. The van der Waals surface area contributed by atoms with Gasteiger partial charge in [0.25, 0.3) is 0 Å². The number of hydrogen-bond donors (Lipinski definition) is 0. The van der Waals surface area contributed by atoms with Crippen LogP contribution in [0.4, 0.5) is 5.69 Å². The summed E-state index contributed by atoms with van der Waals surface area (Å²) in [5.74, 6) is 1.56. The van der Waals surface area contributed by atoms with Crippen molar-refractivity contribution in [1.29, 1.82) is 0 Å². The van der Waals surface area contributed by atoms with Crippen molar-refractivity contribution in [1.82, 2.24) is 0 Å². The molecule has 2 nitrogen and oxygen atoms in total. The summed E-state index contributed by atoms with van der Waals surface area (Å²) < 4.78 is 5.67. The summed E-state index contributed by atoms with van der Waals surface area (Å²) in [5.41, 5.74) is 1.33. The molecule has 1 heterocycles. The highest BCUT2D eigenvalue weighted by Gasteiger charge is 2.11. The molecule has 1 saturated heterocycles. The van der Waals surface area contributed by atoms with E-state index in [9.17, 15) is 0 Å². The molecule has 0 bridgehead atoms. The quantitative estimate of drug-likeness (QED) is 0.770. The van der Waals surface area contributed by atoms with Crippen molar-refractivity contribution in [2.75, 3.05) is 24.6 Å². The van der Waals surface area contributed by atoms with Gasteiger partial charge >= 0.3 is 0 Å². The number of ether oxygens (including phenoxy) is 1. The summed E-state index contributed by atoms with van der Waals surface area (Å²) >= 11 is 0. The molecule has 0 atom stereocenters. The van der Waals surface area contributed by atoms with Crippen LogP contribution in [0.2, 0.25) is 0 Å². The predicted molar refractivity (Wildman–Crippen MR) is 68.2 cm³/mol. The number of rotatable bonds is 4. The van der Waals surface area contributed by atoms with Gasteiger partial charge in [0.2, 0.25) is 0 Å². The largest absolute Gasteiger partial charge is 0.493 e. The third-order valence-corrected chi connectivity index (χ3v) is 2.89. The molecule has 1 fully saturated rings. The van der Waals surface area contributed by atoms with E-state index in [2.05, 4.69) is 43.0 Å². The molecule has 0 aromatic heterocycles. The predicted octanol–water partition coefficient (Wildman–Crippen LogP) is 3.32. The lowest BCUT2D eigenvalue weighted by atomic mass is 10.2. The summed E-state index contributed by atoms with van der Waals surface area (Å²) in [5, 5.41) is 0. The van der Waals surface area contributed by atoms with E-state index in [1.165, 1.54) is 31.6 Å². The normalized spacial score (nSPS) is 15.8. The number of nitrogens with zero attached hydrogens (tertiary/aromatic N) is 1. The lowest BCUT2D eigenvalue weighted by Crippen LogP contribution is -2.17.